The van der Waals surface area contributed by atoms with E-state index in [9.17, 15) is 10.1 Å². The summed E-state index contributed by atoms with van der Waals surface area (Å²) in [6, 6.07) is 5.99. The molecule has 2 saturated heterocycles. The second-order valence-corrected chi connectivity index (χ2v) is 13.8. The average Bonchev–Trinajstić information content (AvgIpc) is 3.70. The molecule has 7 rings (SSSR count). The summed E-state index contributed by atoms with van der Waals surface area (Å²) in [5.74, 6) is 0.0357. The number of nitrogens with one attached hydrogen (secondary N) is 1. The number of carbonyl (C=O) groups excluding carboxylic acids is 1. The Hall–Kier alpha value is -4.57. The first-order valence-corrected chi connectivity index (χ1v) is 16.9. The molecule has 1 N–H and O–H groups in total. The number of hydrogen-bond donors (Lipinski definition) is 1. The van der Waals surface area contributed by atoms with E-state index < -0.39 is 5.82 Å². The quantitative estimate of drug-likeness (QED) is 0.200. The molecule has 5 heterocycles. The molecule has 11 nitrogen and oxygen atoms in total. The fourth-order valence-corrected chi connectivity index (χ4v) is 7.68. The highest BCUT2D eigenvalue weighted by Gasteiger charge is 2.36. The Kier molecular flexibility index (Phi) is 8.77. The Morgan fingerprint density at radius 1 is 1.20 bits per heavy atom. The molecular weight excluding hydrogens is 645 g/mol. The Morgan fingerprint density at radius 3 is 2.73 bits per heavy atom. The molecule has 0 aliphatic carbocycles. The molecule has 0 radical (unpaired) electrons. The maximum absolute atomic E-state index is 17.2. The van der Waals surface area contributed by atoms with E-state index in [-0.39, 0.29) is 35.0 Å². The van der Waals surface area contributed by atoms with Crippen molar-refractivity contribution in [3.8, 4) is 17.2 Å². The maximum atomic E-state index is 17.2. The number of benzene rings is 2. The smallest absolute Gasteiger partial charge is 0.246 e. The summed E-state index contributed by atoms with van der Waals surface area (Å²) >= 11 is 7.07. The number of anilines is 1. The fraction of sp³-hybridized carbons (Fsp3) is 0.417. The van der Waals surface area contributed by atoms with Crippen molar-refractivity contribution in [3.63, 3.8) is 0 Å². The number of fused-ring (bicyclic) bond motifs is 4. The monoisotopic (exact) mass is 683 g/mol. The summed E-state index contributed by atoms with van der Waals surface area (Å²) in [7, 11) is 5.68. The van der Waals surface area contributed by atoms with Crippen LogP contribution in [0.5, 0.6) is 0 Å². The summed E-state index contributed by atoms with van der Waals surface area (Å²) in [6.45, 7) is 6.25. The van der Waals surface area contributed by atoms with Gasteiger partial charge < -0.3 is 19.4 Å². The summed E-state index contributed by atoms with van der Waals surface area (Å²) in [6.07, 6.45) is 8.03. The number of H-pyrrole nitrogens is 1. The first kappa shape index (κ1) is 33.0. The van der Waals surface area contributed by atoms with Gasteiger partial charge in [-0.05, 0) is 64.0 Å². The van der Waals surface area contributed by atoms with Gasteiger partial charge in [0.15, 0.2) is 5.82 Å². The number of carbonyl (C=O) groups is 1. The van der Waals surface area contributed by atoms with Gasteiger partial charge in [-0.1, -0.05) is 17.7 Å². The van der Waals surface area contributed by atoms with Crippen molar-refractivity contribution in [1.82, 2.24) is 34.8 Å². The van der Waals surface area contributed by atoms with Crippen molar-refractivity contribution in [1.29, 1.82) is 5.26 Å². The third-order valence-electron chi connectivity index (χ3n) is 10.3. The van der Waals surface area contributed by atoms with Crippen LogP contribution in [0.25, 0.3) is 43.8 Å². The van der Waals surface area contributed by atoms with Crippen LogP contribution >= 0.6 is 11.6 Å². The standard InChI is InChI=1S/C36H39ClFN9O2/c1-20-13-29-26(16-40-43-29)31(21(20)2)32-28(37)15-25-34(33(32)38)42-36(45-18-24(19-45)44(3)4)27-17-41-47(35(25)27)23-9-11-46(22(14-23)8-10-39)30(48)7-6-12-49-5/h6-7,13,15-17,22-24H,8-9,11-12,14,18-19H2,1-5H3,(H,40,43)/b7-6+/t22-,23+/m1/s1. The Balaban J connectivity index is 1.39. The number of likely N-dealkylation sites (tertiary alicyclic amines) is 1. The largest absolute Gasteiger partial charge is 0.381 e. The van der Waals surface area contributed by atoms with Crippen LogP contribution in [-0.2, 0) is 9.53 Å². The lowest BCUT2D eigenvalue weighted by atomic mass is 9.92. The number of nitrogens with zero attached hydrogens (tertiary/aromatic N) is 8. The van der Waals surface area contributed by atoms with Crippen LogP contribution in [0.4, 0.5) is 10.2 Å². The highest BCUT2D eigenvalue weighted by molar-refractivity contribution is 6.35. The number of hydrogen-bond acceptors (Lipinski definition) is 8. The number of rotatable bonds is 8. The number of nitriles is 1. The number of amides is 1. The Labute approximate surface area is 288 Å². The summed E-state index contributed by atoms with van der Waals surface area (Å²) < 4.78 is 24.2. The molecule has 2 aromatic carbocycles. The number of piperidine rings is 1. The van der Waals surface area contributed by atoms with E-state index in [4.69, 9.17) is 26.4 Å². The Morgan fingerprint density at radius 2 is 2.00 bits per heavy atom. The first-order chi connectivity index (χ1) is 23.6. The second-order valence-electron chi connectivity index (χ2n) is 13.4. The van der Waals surface area contributed by atoms with Crippen LogP contribution < -0.4 is 4.90 Å². The zero-order chi connectivity index (χ0) is 34.6. The lowest BCUT2D eigenvalue weighted by Gasteiger charge is -2.43. The molecule has 254 valence electrons. The number of halogens is 2. The van der Waals surface area contributed by atoms with Gasteiger partial charge in [-0.15, -0.1) is 0 Å². The van der Waals surface area contributed by atoms with E-state index in [0.29, 0.717) is 54.4 Å². The molecule has 2 atom stereocenters. The predicted molar refractivity (Wildman–Crippen MR) is 189 cm³/mol. The van der Waals surface area contributed by atoms with Gasteiger partial charge in [0, 0.05) is 66.8 Å². The van der Waals surface area contributed by atoms with Crippen LogP contribution in [0.2, 0.25) is 5.02 Å². The molecular formula is C36H39ClFN9O2. The number of pyridine rings is 1. The molecule has 2 fully saturated rings. The van der Waals surface area contributed by atoms with Crippen LogP contribution in [0.15, 0.2) is 36.7 Å². The van der Waals surface area contributed by atoms with Gasteiger partial charge in [0.25, 0.3) is 0 Å². The molecule has 0 bridgehead atoms. The zero-order valence-corrected chi connectivity index (χ0v) is 29.1. The fourth-order valence-electron chi connectivity index (χ4n) is 7.39. The minimum absolute atomic E-state index is 0.140. The number of aromatic amines is 1. The number of methoxy groups -OCH3 is 1. The van der Waals surface area contributed by atoms with Gasteiger partial charge in [-0.2, -0.15) is 15.5 Å². The van der Waals surface area contributed by atoms with Crippen molar-refractivity contribution in [3.05, 3.63) is 58.6 Å². The van der Waals surface area contributed by atoms with Gasteiger partial charge in [0.1, 0.15) is 11.3 Å². The molecule has 0 saturated carbocycles. The number of ether oxygens (including phenoxy) is 1. The molecule has 5 aromatic rings. The number of aromatic nitrogens is 5. The van der Waals surface area contributed by atoms with Gasteiger partial charge in [0.2, 0.25) is 5.91 Å². The van der Waals surface area contributed by atoms with E-state index in [1.807, 2.05) is 36.9 Å². The minimum atomic E-state index is -0.495. The Bertz CT molecular complexity index is 2160. The zero-order valence-electron chi connectivity index (χ0n) is 28.3. The maximum Gasteiger partial charge on any atom is 0.246 e. The van der Waals surface area contributed by atoms with E-state index >= 15 is 4.39 Å². The number of likely N-dealkylation sites (N-methyl/N-ethyl adjacent to an activating group) is 1. The molecule has 0 unspecified atom stereocenters. The van der Waals surface area contributed by atoms with Crippen molar-refractivity contribution >= 4 is 56.0 Å². The van der Waals surface area contributed by atoms with Gasteiger partial charge in [-0.25, -0.2) is 9.37 Å². The van der Waals surface area contributed by atoms with E-state index in [1.54, 1.807) is 24.3 Å². The van der Waals surface area contributed by atoms with E-state index in [0.717, 1.165) is 46.0 Å². The normalized spacial score (nSPS) is 18.8. The highest BCUT2D eigenvalue weighted by atomic mass is 35.5. The van der Waals surface area contributed by atoms with E-state index in [1.165, 1.54) is 6.08 Å². The van der Waals surface area contributed by atoms with Crippen LogP contribution in [-0.4, -0.2) is 100 Å². The first-order valence-electron chi connectivity index (χ1n) is 16.5. The highest BCUT2D eigenvalue weighted by Crippen LogP contribution is 2.45. The summed E-state index contributed by atoms with van der Waals surface area (Å²) in [5, 5.41) is 24.3. The van der Waals surface area contributed by atoms with Gasteiger partial charge >= 0.3 is 0 Å². The SMILES string of the molecule is COC/C=C/C(=O)N1CC[C@H](n2ncc3c(N4CC(N(C)C)C4)nc4c(F)c(-c5c(C)c(C)cc6[nH]ncc56)c(Cl)cc4c32)C[C@H]1CC#N. The second kappa shape index (κ2) is 13.0. The van der Waals surface area contributed by atoms with Crippen LogP contribution in [0.3, 0.4) is 0 Å². The molecule has 2 aliphatic rings. The molecule has 1 amide bonds. The molecule has 49 heavy (non-hydrogen) atoms. The third-order valence-corrected chi connectivity index (χ3v) is 10.6. The molecule has 3 aromatic heterocycles. The average molecular weight is 684 g/mol. The summed E-state index contributed by atoms with van der Waals surface area (Å²) in [5.41, 5.74) is 4.66. The predicted octanol–water partition coefficient (Wildman–Crippen LogP) is 5.94. The van der Waals surface area contributed by atoms with Crippen LogP contribution in [0.1, 0.15) is 36.4 Å². The van der Waals surface area contributed by atoms with Crippen LogP contribution in [0, 0.1) is 31.0 Å². The molecule has 2 aliphatic heterocycles. The third kappa shape index (κ3) is 5.59. The van der Waals surface area contributed by atoms with Crippen molar-refractivity contribution in [2.75, 3.05) is 52.3 Å². The minimum Gasteiger partial charge on any atom is -0.381 e. The topological polar surface area (TPSA) is 119 Å². The lowest BCUT2D eigenvalue weighted by Crippen LogP contribution is -2.57. The lowest BCUT2D eigenvalue weighted by molar-refractivity contribution is -0.130. The van der Waals surface area contributed by atoms with E-state index in [2.05, 4.69) is 40.2 Å². The van der Waals surface area contributed by atoms with Crippen molar-refractivity contribution in [2.24, 2.45) is 0 Å². The number of aryl methyl sites for hydroxylation is 1. The molecule has 0 spiro atoms. The van der Waals surface area contributed by atoms with Gasteiger partial charge in [0.05, 0.1) is 59.0 Å². The van der Waals surface area contributed by atoms with Crippen molar-refractivity contribution < 1.29 is 13.9 Å². The molecule has 13 heteroatoms. The van der Waals surface area contributed by atoms with Gasteiger partial charge in [-0.3, -0.25) is 14.6 Å². The van der Waals surface area contributed by atoms with Crippen molar-refractivity contribution in [2.45, 2.75) is 51.2 Å². The summed E-state index contributed by atoms with van der Waals surface area (Å²) in [4.78, 5) is 24.2.